The number of amides is 1. The number of hydrogen-bond donors (Lipinski definition) is 1. The van der Waals surface area contributed by atoms with Gasteiger partial charge in [-0.05, 0) is 43.2 Å². The fourth-order valence-corrected chi connectivity index (χ4v) is 4.58. The number of aryl methyl sites for hydroxylation is 1. The van der Waals surface area contributed by atoms with E-state index in [-0.39, 0.29) is 17.6 Å². The summed E-state index contributed by atoms with van der Waals surface area (Å²) in [5, 5.41) is 13.8. The van der Waals surface area contributed by atoms with Crippen molar-refractivity contribution in [1.29, 1.82) is 0 Å². The molecule has 28 heavy (non-hydrogen) atoms. The number of ether oxygens (including phenoxy) is 1. The van der Waals surface area contributed by atoms with Crippen LogP contribution in [0.3, 0.4) is 0 Å². The molecule has 1 amide bonds. The van der Waals surface area contributed by atoms with Gasteiger partial charge in [0.05, 0.1) is 16.2 Å². The number of nitro groups is 1. The highest BCUT2D eigenvalue weighted by atomic mass is 32.1. The van der Waals surface area contributed by atoms with Crippen molar-refractivity contribution in [2.45, 2.75) is 13.8 Å². The molecule has 1 N–H and O–H groups in total. The normalized spacial score (nSPS) is 11.1. The number of nitro benzene ring substituents is 1. The fourth-order valence-electron chi connectivity index (χ4n) is 2.36. The van der Waals surface area contributed by atoms with Crippen LogP contribution >= 0.6 is 22.7 Å². The number of thiophene rings is 1. The molecule has 2 aromatic heterocycles. The number of nitrogens with zero attached hydrogens (tertiary/aromatic N) is 2. The molecule has 0 saturated heterocycles. The minimum absolute atomic E-state index is 0.0120. The number of benzene rings is 1. The molecule has 8 nitrogen and oxygen atoms in total. The Hall–Kier alpha value is -3.11. The molecule has 3 rings (SSSR count). The SMILES string of the molecule is CCOC(=O)c1sc2nc(NC(=O)C=Cc3ccc([N+](=O)[O-])cc3)sc2c1C. The van der Waals surface area contributed by atoms with Crippen molar-refractivity contribution in [3.05, 3.63) is 56.5 Å². The number of carbonyl (C=O) groups is 2. The van der Waals surface area contributed by atoms with Crippen molar-refractivity contribution in [2.24, 2.45) is 0 Å². The standard InChI is InChI=1S/C18H15N3O5S2/c1-3-26-17(23)15-10(2)14-16(27-15)20-18(28-14)19-13(22)9-6-11-4-7-12(8-5-11)21(24)25/h4-9H,3H2,1-2H3,(H,19,20,22). The monoisotopic (exact) mass is 417 g/mol. The second-order valence-electron chi connectivity index (χ2n) is 5.60. The van der Waals surface area contributed by atoms with Crippen molar-refractivity contribution >= 4 is 61.0 Å². The quantitative estimate of drug-likeness (QED) is 0.275. The number of anilines is 1. The third kappa shape index (κ3) is 4.24. The summed E-state index contributed by atoms with van der Waals surface area (Å²) < 4.78 is 5.86. The first-order valence-electron chi connectivity index (χ1n) is 8.19. The first-order chi connectivity index (χ1) is 13.4. The molecule has 144 valence electrons. The molecule has 0 aliphatic rings. The summed E-state index contributed by atoms with van der Waals surface area (Å²) in [5.41, 5.74) is 1.44. The number of non-ortho nitro benzene ring substituents is 1. The Bertz CT molecular complexity index is 1080. The Labute approximate surface area is 167 Å². The smallest absolute Gasteiger partial charge is 0.348 e. The van der Waals surface area contributed by atoms with Crippen LogP contribution in [0.15, 0.2) is 30.3 Å². The van der Waals surface area contributed by atoms with Crippen LogP contribution < -0.4 is 5.32 Å². The Morgan fingerprint density at radius 1 is 1.29 bits per heavy atom. The van der Waals surface area contributed by atoms with Gasteiger partial charge in [-0.25, -0.2) is 9.78 Å². The van der Waals surface area contributed by atoms with E-state index in [2.05, 4.69) is 10.3 Å². The van der Waals surface area contributed by atoms with Gasteiger partial charge in [0.25, 0.3) is 5.69 Å². The predicted molar refractivity (Wildman–Crippen MR) is 109 cm³/mol. The van der Waals surface area contributed by atoms with Gasteiger partial charge in [0, 0.05) is 18.2 Å². The zero-order chi connectivity index (χ0) is 20.3. The van der Waals surface area contributed by atoms with Crippen LogP contribution in [0.1, 0.15) is 27.7 Å². The largest absolute Gasteiger partial charge is 0.462 e. The van der Waals surface area contributed by atoms with Gasteiger partial charge in [-0.1, -0.05) is 11.3 Å². The molecule has 0 saturated carbocycles. The Morgan fingerprint density at radius 2 is 2.00 bits per heavy atom. The maximum Gasteiger partial charge on any atom is 0.348 e. The summed E-state index contributed by atoms with van der Waals surface area (Å²) in [4.78, 5) is 39.7. The second-order valence-corrected chi connectivity index (χ2v) is 7.60. The molecule has 0 fully saturated rings. The molecular formula is C18H15N3O5S2. The lowest BCUT2D eigenvalue weighted by atomic mass is 10.2. The molecule has 0 atom stereocenters. The highest BCUT2D eigenvalue weighted by molar-refractivity contribution is 7.30. The lowest BCUT2D eigenvalue weighted by Gasteiger charge is -1.99. The number of rotatable bonds is 6. The fraction of sp³-hybridized carbons (Fsp3) is 0.167. The zero-order valence-corrected chi connectivity index (χ0v) is 16.6. The van der Waals surface area contributed by atoms with Crippen LogP contribution in [-0.4, -0.2) is 28.4 Å². The van der Waals surface area contributed by atoms with Crippen LogP contribution in [0, 0.1) is 17.0 Å². The van der Waals surface area contributed by atoms with Crippen molar-refractivity contribution in [3.8, 4) is 0 Å². The van der Waals surface area contributed by atoms with Gasteiger partial charge < -0.3 is 4.74 Å². The van der Waals surface area contributed by atoms with E-state index in [1.54, 1.807) is 25.1 Å². The molecule has 2 heterocycles. The molecule has 0 aliphatic carbocycles. The van der Waals surface area contributed by atoms with E-state index in [4.69, 9.17) is 4.74 Å². The van der Waals surface area contributed by atoms with Crippen molar-refractivity contribution < 1.29 is 19.2 Å². The van der Waals surface area contributed by atoms with Crippen molar-refractivity contribution in [1.82, 2.24) is 4.98 Å². The molecule has 0 aliphatic heterocycles. The number of esters is 1. The summed E-state index contributed by atoms with van der Waals surface area (Å²) in [7, 11) is 0. The summed E-state index contributed by atoms with van der Waals surface area (Å²) in [6.45, 7) is 3.88. The van der Waals surface area contributed by atoms with Crippen molar-refractivity contribution in [2.75, 3.05) is 11.9 Å². The molecule has 3 aromatic rings. The van der Waals surface area contributed by atoms with E-state index in [1.807, 2.05) is 6.92 Å². The van der Waals surface area contributed by atoms with E-state index >= 15 is 0 Å². The summed E-state index contributed by atoms with van der Waals surface area (Å²) in [6.07, 6.45) is 2.88. The maximum absolute atomic E-state index is 12.1. The topological polar surface area (TPSA) is 111 Å². The third-order valence-corrected chi connectivity index (χ3v) is 6.08. The van der Waals surface area contributed by atoms with Gasteiger partial charge in [0.15, 0.2) is 5.13 Å². The second kappa shape index (κ2) is 8.28. The van der Waals surface area contributed by atoms with Gasteiger partial charge in [-0.3, -0.25) is 20.2 Å². The zero-order valence-electron chi connectivity index (χ0n) is 14.9. The Balaban J connectivity index is 1.69. The molecular weight excluding hydrogens is 402 g/mol. The van der Waals surface area contributed by atoms with Crippen LogP contribution in [0.2, 0.25) is 0 Å². The number of carbonyl (C=O) groups excluding carboxylic acids is 2. The van der Waals surface area contributed by atoms with E-state index in [9.17, 15) is 19.7 Å². The van der Waals surface area contributed by atoms with Gasteiger partial charge in [-0.2, -0.15) is 0 Å². The number of thiazole rings is 1. The lowest BCUT2D eigenvalue weighted by Crippen LogP contribution is -2.07. The molecule has 0 radical (unpaired) electrons. The summed E-state index contributed by atoms with van der Waals surface area (Å²) >= 11 is 2.52. The number of fused-ring (bicyclic) bond motifs is 1. The third-order valence-electron chi connectivity index (χ3n) is 3.70. The van der Waals surface area contributed by atoms with E-state index in [1.165, 1.54) is 40.9 Å². The van der Waals surface area contributed by atoms with E-state index in [0.29, 0.717) is 27.0 Å². The van der Waals surface area contributed by atoms with E-state index < -0.39 is 4.92 Å². The average Bonchev–Trinajstić information content (AvgIpc) is 3.19. The molecule has 10 heteroatoms. The summed E-state index contributed by atoms with van der Waals surface area (Å²) in [6, 6.07) is 5.86. The van der Waals surface area contributed by atoms with E-state index in [0.717, 1.165) is 10.3 Å². The number of hydrogen-bond acceptors (Lipinski definition) is 8. The Kier molecular flexibility index (Phi) is 5.81. The lowest BCUT2D eigenvalue weighted by molar-refractivity contribution is -0.384. The van der Waals surface area contributed by atoms with Gasteiger partial charge in [0.1, 0.15) is 9.71 Å². The highest BCUT2D eigenvalue weighted by Gasteiger charge is 2.20. The molecule has 1 aromatic carbocycles. The van der Waals surface area contributed by atoms with Crippen LogP contribution in [0.25, 0.3) is 15.6 Å². The minimum atomic E-state index is -0.482. The Morgan fingerprint density at radius 3 is 2.61 bits per heavy atom. The van der Waals surface area contributed by atoms with Crippen molar-refractivity contribution in [3.63, 3.8) is 0 Å². The van der Waals surface area contributed by atoms with Crippen LogP contribution in [0.5, 0.6) is 0 Å². The number of aromatic nitrogens is 1. The average molecular weight is 417 g/mol. The minimum Gasteiger partial charge on any atom is -0.462 e. The van der Waals surface area contributed by atoms with Gasteiger partial charge in [-0.15, -0.1) is 11.3 Å². The first-order valence-corrected chi connectivity index (χ1v) is 9.83. The molecule has 0 unspecified atom stereocenters. The van der Waals surface area contributed by atoms with Gasteiger partial charge in [0.2, 0.25) is 5.91 Å². The highest BCUT2D eigenvalue weighted by Crippen LogP contribution is 2.37. The molecule has 0 spiro atoms. The van der Waals surface area contributed by atoms with Gasteiger partial charge >= 0.3 is 5.97 Å². The molecule has 0 bridgehead atoms. The first kappa shape index (κ1) is 19.6. The predicted octanol–water partition coefficient (Wildman–Crippen LogP) is 4.40. The maximum atomic E-state index is 12.1. The van der Waals surface area contributed by atoms with Crippen LogP contribution in [-0.2, 0) is 9.53 Å². The number of nitrogens with one attached hydrogen (secondary N) is 1. The van der Waals surface area contributed by atoms with Crippen LogP contribution in [0.4, 0.5) is 10.8 Å². The summed E-state index contributed by atoms with van der Waals surface area (Å²) in [5.74, 6) is -0.741.